The normalized spacial score (nSPS) is 28.9. The SMILES string of the molecule is O=C1CCC(N2Cc3cc(OCC4CCCCN4CC4CC5(COC5)C4)ccc3C2=O)C(=O)N1. The van der Waals surface area contributed by atoms with Gasteiger partial charge in [-0.15, -0.1) is 0 Å². The molecule has 1 aromatic rings. The molecule has 3 amide bonds. The predicted molar refractivity (Wildman–Crippen MR) is 123 cm³/mol. The quantitative estimate of drug-likeness (QED) is 0.645. The number of amides is 3. The van der Waals surface area contributed by atoms with E-state index in [1.165, 1.54) is 25.7 Å². The van der Waals surface area contributed by atoms with Crippen molar-refractivity contribution < 1.29 is 23.9 Å². The third kappa shape index (κ3) is 4.01. The molecule has 2 atom stereocenters. The maximum atomic E-state index is 12.9. The molecule has 182 valence electrons. The number of carbonyl (C=O) groups excluding carboxylic acids is 3. The van der Waals surface area contributed by atoms with Gasteiger partial charge in [-0.05, 0) is 68.3 Å². The van der Waals surface area contributed by atoms with Crippen molar-refractivity contribution >= 4 is 17.7 Å². The number of piperidine rings is 2. The van der Waals surface area contributed by atoms with Gasteiger partial charge in [-0.2, -0.15) is 0 Å². The molecule has 1 aromatic carbocycles. The monoisotopic (exact) mass is 467 g/mol. The van der Waals surface area contributed by atoms with Gasteiger partial charge in [0, 0.05) is 36.5 Å². The molecule has 4 aliphatic heterocycles. The van der Waals surface area contributed by atoms with Crippen molar-refractivity contribution in [2.24, 2.45) is 11.3 Å². The molecule has 8 heteroatoms. The molecule has 8 nitrogen and oxygen atoms in total. The Morgan fingerprint density at radius 3 is 2.74 bits per heavy atom. The molecule has 1 spiro atoms. The summed E-state index contributed by atoms with van der Waals surface area (Å²) in [4.78, 5) is 40.8. The third-order valence-corrected chi connectivity index (χ3v) is 8.44. The predicted octanol–water partition coefficient (Wildman–Crippen LogP) is 2.11. The first-order chi connectivity index (χ1) is 16.5. The standard InChI is InChI=1S/C26H33N3O5/c30-23-7-6-22(24(31)27-23)29-13-18-9-20(4-5-21(18)25(29)32)34-14-19-3-1-2-8-28(19)12-17-10-26(11-17)15-33-16-26/h4-5,9,17,19,22H,1-3,6-8,10-16H2,(H,27,30,31). The Morgan fingerprint density at radius 2 is 1.97 bits per heavy atom. The molecule has 4 heterocycles. The molecule has 6 rings (SSSR count). The van der Waals surface area contributed by atoms with Crippen molar-refractivity contribution in [1.29, 1.82) is 0 Å². The van der Waals surface area contributed by atoms with Crippen LogP contribution >= 0.6 is 0 Å². The molecular formula is C26H33N3O5. The largest absolute Gasteiger partial charge is 0.492 e. The van der Waals surface area contributed by atoms with E-state index in [0.29, 0.717) is 36.6 Å². The lowest BCUT2D eigenvalue weighted by molar-refractivity contribution is -0.183. The molecule has 34 heavy (non-hydrogen) atoms. The van der Waals surface area contributed by atoms with E-state index in [1.54, 1.807) is 4.90 Å². The minimum Gasteiger partial charge on any atom is -0.492 e. The highest BCUT2D eigenvalue weighted by molar-refractivity contribution is 6.05. The van der Waals surface area contributed by atoms with Crippen LogP contribution in [0.5, 0.6) is 5.75 Å². The highest BCUT2D eigenvalue weighted by atomic mass is 16.5. The lowest BCUT2D eigenvalue weighted by Crippen LogP contribution is -2.56. The summed E-state index contributed by atoms with van der Waals surface area (Å²) in [7, 11) is 0. The minimum absolute atomic E-state index is 0.148. The molecule has 5 aliphatic rings. The van der Waals surface area contributed by atoms with Crippen molar-refractivity contribution in [2.75, 3.05) is 32.9 Å². The molecular weight excluding hydrogens is 434 g/mol. The number of ether oxygens (including phenoxy) is 2. The number of imide groups is 1. The summed E-state index contributed by atoms with van der Waals surface area (Å²) in [6, 6.07) is 5.46. The third-order valence-electron chi connectivity index (χ3n) is 8.44. The van der Waals surface area contributed by atoms with E-state index in [4.69, 9.17) is 9.47 Å². The Morgan fingerprint density at radius 1 is 1.12 bits per heavy atom. The molecule has 2 unspecified atom stereocenters. The van der Waals surface area contributed by atoms with Gasteiger partial charge in [0.05, 0.1) is 13.2 Å². The van der Waals surface area contributed by atoms with E-state index < -0.39 is 6.04 Å². The maximum absolute atomic E-state index is 12.9. The highest BCUT2D eigenvalue weighted by Gasteiger charge is 2.50. The molecule has 4 fully saturated rings. The molecule has 3 saturated heterocycles. The summed E-state index contributed by atoms with van der Waals surface area (Å²) in [5, 5.41) is 2.35. The number of rotatable bonds is 6. The molecule has 0 radical (unpaired) electrons. The first-order valence-corrected chi connectivity index (χ1v) is 12.7. The van der Waals surface area contributed by atoms with Gasteiger partial charge in [0.2, 0.25) is 11.8 Å². The van der Waals surface area contributed by atoms with Gasteiger partial charge in [-0.1, -0.05) is 6.42 Å². The Labute approximate surface area is 199 Å². The van der Waals surface area contributed by atoms with E-state index in [0.717, 1.165) is 50.0 Å². The molecule has 0 bridgehead atoms. The average molecular weight is 468 g/mol. The molecule has 1 aliphatic carbocycles. The fourth-order valence-electron chi connectivity index (χ4n) is 6.57. The maximum Gasteiger partial charge on any atom is 0.255 e. The first kappa shape index (κ1) is 22.0. The van der Waals surface area contributed by atoms with Crippen molar-refractivity contribution in [3.63, 3.8) is 0 Å². The van der Waals surface area contributed by atoms with E-state index in [9.17, 15) is 14.4 Å². The zero-order valence-corrected chi connectivity index (χ0v) is 19.6. The fourth-order valence-corrected chi connectivity index (χ4v) is 6.57. The van der Waals surface area contributed by atoms with Crippen LogP contribution in [0.2, 0.25) is 0 Å². The van der Waals surface area contributed by atoms with Gasteiger partial charge >= 0.3 is 0 Å². The number of hydrogen-bond donors (Lipinski definition) is 1. The van der Waals surface area contributed by atoms with Gasteiger partial charge in [-0.25, -0.2) is 0 Å². The smallest absolute Gasteiger partial charge is 0.255 e. The van der Waals surface area contributed by atoms with E-state index in [1.807, 2.05) is 18.2 Å². The summed E-state index contributed by atoms with van der Waals surface area (Å²) in [6.07, 6.45) is 6.91. The van der Waals surface area contributed by atoms with E-state index in [-0.39, 0.29) is 24.1 Å². The Balaban J connectivity index is 1.06. The van der Waals surface area contributed by atoms with Crippen molar-refractivity contribution in [3.05, 3.63) is 29.3 Å². The number of benzene rings is 1. The van der Waals surface area contributed by atoms with Crippen molar-refractivity contribution in [3.8, 4) is 5.75 Å². The fraction of sp³-hybridized carbons (Fsp3) is 0.654. The zero-order valence-electron chi connectivity index (χ0n) is 19.6. The topological polar surface area (TPSA) is 88.2 Å². The van der Waals surface area contributed by atoms with Crippen LogP contribution in [0.3, 0.4) is 0 Å². The minimum atomic E-state index is -0.588. The second-order valence-electron chi connectivity index (χ2n) is 10.9. The number of nitrogens with one attached hydrogen (secondary N) is 1. The number of carbonyl (C=O) groups is 3. The highest BCUT2D eigenvalue weighted by Crippen LogP contribution is 2.51. The molecule has 1 N–H and O–H groups in total. The summed E-state index contributed by atoms with van der Waals surface area (Å²) in [5.74, 6) is 0.759. The van der Waals surface area contributed by atoms with Gasteiger partial charge < -0.3 is 14.4 Å². The number of hydrogen-bond acceptors (Lipinski definition) is 6. The van der Waals surface area contributed by atoms with E-state index >= 15 is 0 Å². The molecule has 1 saturated carbocycles. The average Bonchev–Trinajstić information content (AvgIpc) is 3.09. The van der Waals surface area contributed by atoms with Crippen LogP contribution in [-0.2, 0) is 20.9 Å². The number of likely N-dealkylation sites (tertiary alicyclic amines) is 1. The Hall–Kier alpha value is -2.45. The van der Waals surface area contributed by atoms with Gasteiger partial charge in [0.1, 0.15) is 18.4 Å². The summed E-state index contributed by atoms with van der Waals surface area (Å²) in [6.45, 7) is 5.25. The second-order valence-corrected chi connectivity index (χ2v) is 10.9. The van der Waals surface area contributed by atoms with Crippen LogP contribution in [0.15, 0.2) is 18.2 Å². The van der Waals surface area contributed by atoms with Crippen LogP contribution < -0.4 is 10.1 Å². The van der Waals surface area contributed by atoms with Crippen LogP contribution in [0.25, 0.3) is 0 Å². The van der Waals surface area contributed by atoms with Crippen LogP contribution in [0.1, 0.15) is 60.9 Å². The lowest BCUT2D eigenvalue weighted by Gasteiger charge is -2.55. The van der Waals surface area contributed by atoms with E-state index in [2.05, 4.69) is 10.2 Å². The van der Waals surface area contributed by atoms with Crippen molar-refractivity contribution in [2.45, 2.75) is 63.6 Å². The lowest BCUT2D eigenvalue weighted by atomic mass is 9.60. The second kappa shape index (κ2) is 8.64. The van der Waals surface area contributed by atoms with Gasteiger partial charge in [0.25, 0.3) is 5.91 Å². The molecule has 0 aromatic heterocycles. The van der Waals surface area contributed by atoms with Crippen molar-refractivity contribution in [1.82, 2.24) is 15.1 Å². The number of fused-ring (bicyclic) bond motifs is 1. The Kier molecular flexibility index (Phi) is 5.60. The van der Waals surface area contributed by atoms with Crippen LogP contribution in [0.4, 0.5) is 0 Å². The summed E-state index contributed by atoms with van der Waals surface area (Å²) >= 11 is 0. The first-order valence-electron chi connectivity index (χ1n) is 12.7. The summed E-state index contributed by atoms with van der Waals surface area (Å²) < 4.78 is 11.7. The van der Waals surface area contributed by atoms with Crippen LogP contribution in [-0.4, -0.2) is 72.5 Å². The summed E-state index contributed by atoms with van der Waals surface area (Å²) in [5.41, 5.74) is 2.01. The van der Waals surface area contributed by atoms with Gasteiger partial charge in [0.15, 0.2) is 0 Å². The van der Waals surface area contributed by atoms with Gasteiger partial charge in [-0.3, -0.25) is 24.6 Å². The number of nitrogens with zero attached hydrogens (tertiary/aromatic N) is 2. The Bertz CT molecular complexity index is 998. The zero-order chi connectivity index (χ0) is 23.3. The van der Waals surface area contributed by atoms with Crippen LogP contribution in [0, 0.1) is 11.3 Å².